The summed E-state index contributed by atoms with van der Waals surface area (Å²) in [5.74, 6) is -0.0195. The molecule has 0 bridgehead atoms. The van der Waals surface area contributed by atoms with Gasteiger partial charge in [0, 0.05) is 6.92 Å². The van der Waals surface area contributed by atoms with Crippen molar-refractivity contribution in [2.45, 2.75) is 19.0 Å². The largest absolute Gasteiger partial charge is 0.480 e. The van der Waals surface area contributed by atoms with Gasteiger partial charge in [-0.2, -0.15) is 0 Å². The molecule has 0 spiro atoms. The number of carboxylic acid groups (broad SMARTS) is 1. The molecule has 0 fully saturated rings. The number of ether oxygens (including phenoxy) is 2. The van der Waals surface area contributed by atoms with Gasteiger partial charge < -0.3 is 14.6 Å². The summed E-state index contributed by atoms with van der Waals surface area (Å²) < 4.78 is 10.3. The number of rotatable bonds is 2. The predicted molar refractivity (Wildman–Crippen MR) is 47.7 cm³/mol. The van der Waals surface area contributed by atoms with E-state index in [1.165, 1.54) is 0 Å². The Morgan fingerprint density at radius 3 is 2.71 bits per heavy atom. The summed E-state index contributed by atoms with van der Waals surface area (Å²) in [5.41, 5.74) is 0. The van der Waals surface area contributed by atoms with Gasteiger partial charge in [0.15, 0.2) is 18.0 Å². The van der Waals surface area contributed by atoms with Crippen LogP contribution in [0.4, 0.5) is 0 Å². The van der Waals surface area contributed by atoms with Crippen molar-refractivity contribution in [3.63, 3.8) is 0 Å². The van der Waals surface area contributed by atoms with Crippen molar-refractivity contribution < 1.29 is 19.4 Å². The second-order valence-corrected chi connectivity index (χ2v) is 3.11. The highest BCUT2D eigenvalue weighted by atomic mass is 16.5. The molecule has 2 aliphatic heterocycles. The van der Waals surface area contributed by atoms with Crippen LogP contribution in [0.1, 0.15) is 6.92 Å². The third kappa shape index (κ3) is 1.55. The van der Waals surface area contributed by atoms with Crippen molar-refractivity contribution in [3.8, 4) is 0 Å². The first-order chi connectivity index (χ1) is 6.66. The number of hydrogen-bond donors (Lipinski definition) is 1. The molecule has 0 aliphatic carbocycles. The maximum Gasteiger partial charge on any atom is 0.332 e. The normalized spacial score (nSPS) is 30.4. The zero-order valence-corrected chi connectivity index (χ0v) is 7.64. The fourth-order valence-electron chi connectivity index (χ4n) is 1.32. The Hall–Kier alpha value is -1.59. The number of aliphatic imine (C=N–C) groups is 2. The Labute approximate surface area is 80.3 Å². The van der Waals surface area contributed by atoms with Gasteiger partial charge in [0.25, 0.3) is 0 Å². The van der Waals surface area contributed by atoms with Crippen molar-refractivity contribution >= 4 is 17.8 Å². The van der Waals surface area contributed by atoms with E-state index >= 15 is 0 Å². The van der Waals surface area contributed by atoms with Gasteiger partial charge in [-0.15, -0.1) is 0 Å². The lowest BCUT2D eigenvalue weighted by atomic mass is 10.3. The van der Waals surface area contributed by atoms with Gasteiger partial charge in [0.05, 0.1) is 0 Å². The number of nitrogens with zero attached hydrogens (tertiary/aromatic N) is 2. The third-order valence-electron chi connectivity index (χ3n) is 2.03. The number of aliphatic carboxylic acids is 1. The van der Waals surface area contributed by atoms with Crippen LogP contribution in [0.25, 0.3) is 0 Å². The second kappa shape index (κ2) is 3.28. The average Bonchev–Trinajstić information content (AvgIpc) is 2.70. The van der Waals surface area contributed by atoms with E-state index in [0.29, 0.717) is 18.4 Å². The van der Waals surface area contributed by atoms with Crippen molar-refractivity contribution in [2.75, 3.05) is 13.2 Å². The van der Waals surface area contributed by atoms with E-state index in [0.717, 1.165) is 0 Å². The smallest absolute Gasteiger partial charge is 0.332 e. The Morgan fingerprint density at radius 2 is 2.21 bits per heavy atom. The highest BCUT2D eigenvalue weighted by Crippen LogP contribution is 2.13. The Kier molecular flexibility index (Phi) is 2.11. The quantitative estimate of drug-likeness (QED) is 0.659. The summed E-state index contributed by atoms with van der Waals surface area (Å²) in [6, 6.07) is -1.06. The van der Waals surface area contributed by atoms with Crippen molar-refractivity contribution in [2.24, 2.45) is 9.98 Å². The molecule has 2 aliphatic rings. The first-order valence-corrected chi connectivity index (χ1v) is 4.27. The monoisotopic (exact) mass is 198 g/mol. The molecule has 0 amide bonds. The molecule has 2 heterocycles. The minimum absolute atomic E-state index is 0.0930. The van der Waals surface area contributed by atoms with E-state index in [4.69, 9.17) is 14.6 Å². The zero-order valence-electron chi connectivity index (χ0n) is 7.64. The lowest BCUT2D eigenvalue weighted by Crippen LogP contribution is -2.20. The number of carbonyl (C=O) groups is 1. The van der Waals surface area contributed by atoms with E-state index in [1.807, 2.05) is 0 Å². The van der Waals surface area contributed by atoms with Gasteiger partial charge in [0.1, 0.15) is 13.2 Å². The zero-order chi connectivity index (χ0) is 10.1. The molecular weight excluding hydrogens is 188 g/mol. The minimum Gasteiger partial charge on any atom is -0.480 e. The van der Waals surface area contributed by atoms with Crippen LogP contribution in [0, 0.1) is 0 Å². The minimum atomic E-state index is -0.973. The van der Waals surface area contributed by atoms with Crippen LogP contribution in [0.3, 0.4) is 0 Å². The lowest BCUT2D eigenvalue weighted by molar-refractivity contribution is -0.138. The van der Waals surface area contributed by atoms with Crippen LogP contribution < -0.4 is 0 Å². The highest BCUT2D eigenvalue weighted by Gasteiger charge is 2.32. The second-order valence-electron chi connectivity index (χ2n) is 3.11. The van der Waals surface area contributed by atoms with Crippen LogP contribution in [0.15, 0.2) is 9.98 Å². The molecule has 6 heteroatoms. The van der Waals surface area contributed by atoms with Gasteiger partial charge in [-0.1, -0.05) is 0 Å². The van der Waals surface area contributed by atoms with E-state index in [9.17, 15) is 4.79 Å². The van der Waals surface area contributed by atoms with E-state index in [-0.39, 0.29) is 12.6 Å². The Bertz CT molecular complexity index is 323. The maximum atomic E-state index is 10.6. The average molecular weight is 198 g/mol. The molecule has 0 aromatic rings. The fourth-order valence-corrected chi connectivity index (χ4v) is 1.32. The molecule has 0 radical (unpaired) electrons. The predicted octanol–water partition coefficient (Wildman–Crippen LogP) is -0.315. The lowest BCUT2D eigenvalue weighted by Gasteiger charge is -2.03. The summed E-state index contributed by atoms with van der Waals surface area (Å²) >= 11 is 0. The van der Waals surface area contributed by atoms with Gasteiger partial charge in [-0.3, -0.25) is 0 Å². The molecule has 0 saturated heterocycles. The third-order valence-corrected chi connectivity index (χ3v) is 2.03. The molecule has 0 aromatic carbocycles. The standard InChI is InChI=1S/C8H10N2O4/c1-4-9-5(2-13-4)7-10-6(3-14-7)8(11)12/h5-6H,2-3H2,1H3,(H,11,12). The first kappa shape index (κ1) is 8.98. The molecule has 0 aromatic heterocycles. The van der Waals surface area contributed by atoms with Crippen LogP contribution in [0.2, 0.25) is 0 Å². The Morgan fingerprint density at radius 1 is 1.43 bits per heavy atom. The molecular formula is C8H10N2O4. The molecule has 2 atom stereocenters. The van der Waals surface area contributed by atoms with Crippen LogP contribution in [-0.2, 0) is 14.3 Å². The molecule has 0 saturated carbocycles. The molecule has 2 unspecified atom stereocenters. The fraction of sp³-hybridized carbons (Fsp3) is 0.625. The number of hydrogen-bond acceptors (Lipinski definition) is 5. The van der Waals surface area contributed by atoms with Crippen LogP contribution in [0.5, 0.6) is 0 Å². The topological polar surface area (TPSA) is 80.5 Å². The van der Waals surface area contributed by atoms with Crippen molar-refractivity contribution in [1.82, 2.24) is 0 Å². The van der Waals surface area contributed by atoms with Gasteiger partial charge >= 0.3 is 5.97 Å². The maximum absolute atomic E-state index is 10.6. The van der Waals surface area contributed by atoms with E-state index < -0.39 is 12.0 Å². The van der Waals surface area contributed by atoms with E-state index in [1.54, 1.807) is 6.92 Å². The van der Waals surface area contributed by atoms with Gasteiger partial charge in [-0.25, -0.2) is 14.8 Å². The summed E-state index contributed by atoms with van der Waals surface area (Å²) in [6.07, 6.45) is 0. The highest BCUT2D eigenvalue weighted by molar-refractivity contribution is 5.91. The van der Waals surface area contributed by atoms with Crippen LogP contribution >= 0.6 is 0 Å². The summed E-state index contributed by atoms with van der Waals surface area (Å²) in [7, 11) is 0. The molecule has 14 heavy (non-hydrogen) atoms. The molecule has 6 nitrogen and oxygen atoms in total. The molecule has 76 valence electrons. The SMILES string of the molecule is CC1=NC(C2=NC(C(=O)O)CO2)CO1. The van der Waals surface area contributed by atoms with E-state index in [2.05, 4.69) is 9.98 Å². The summed E-state index contributed by atoms with van der Waals surface area (Å²) in [6.45, 7) is 2.22. The summed E-state index contributed by atoms with van der Waals surface area (Å²) in [5, 5.41) is 8.67. The number of carboxylic acids is 1. The van der Waals surface area contributed by atoms with Crippen molar-refractivity contribution in [1.29, 1.82) is 0 Å². The van der Waals surface area contributed by atoms with Gasteiger partial charge in [-0.05, 0) is 0 Å². The molecule has 1 N–H and O–H groups in total. The van der Waals surface area contributed by atoms with Crippen LogP contribution in [-0.4, -0.2) is 48.2 Å². The Balaban J connectivity index is 2.07. The van der Waals surface area contributed by atoms with Crippen molar-refractivity contribution in [3.05, 3.63) is 0 Å². The summed E-state index contributed by atoms with van der Waals surface area (Å²) in [4.78, 5) is 18.6. The van der Waals surface area contributed by atoms with Gasteiger partial charge in [0.2, 0.25) is 5.90 Å². The molecule has 2 rings (SSSR count). The first-order valence-electron chi connectivity index (χ1n) is 4.27.